The number of sulfonamides is 1. The average molecular weight is 425 g/mol. The van der Waals surface area contributed by atoms with E-state index in [4.69, 9.17) is 9.47 Å². The van der Waals surface area contributed by atoms with Crippen molar-refractivity contribution in [2.45, 2.75) is 43.5 Å². The van der Waals surface area contributed by atoms with Crippen LogP contribution in [0.3, 0.4) is 0 Å². The molecule has 160 valence electrons. The van der Waals surface area contributed by atoms with Gasteiger partial charge in [0.15, 0.2) is 6.61 Å². The monoisotopic (exact) mass is 424 g/mol. The maximum atomic E-state index is 12.1. The predicted octanol–water partition coefficient (Wildman–Crippen LogP) is 1.85. The summed E-state index contributed by atoms with van der Waals surface area (Å²) < 4.78 is 36.4. The van der Waals surface area contributed by atoms with Crippen LogP contribution in [0.5, 0.6) is 5.75 Å². The van der Waals surface area contributed by atoms with Crippen molar-refractivity contribution < 1.29 is 27.5 Å². The van der Waals surface area contributed by atoms with E-state index >= 15 is 0 Å². The van der Waals surface area contributed by atoms with E-state index in [1.54, 1.807) is 6.07 Å². The van der Waals surface area contributed by atoms with E-state index in [1.165, 1.54) is 38.8 Å². The van der Waals surface area contributed by atoms with Crippen LogP contribution in [0, 0.1) is 5.92 Å². The molecule has 0 aromatic heterocycles. The maximum absolute atomic E-state index is 12.1. The van der Waals surface area contributed by atoms with Crippen molar-refractivity contribution >= 4 is 28.0 Å². The summed E-state index contributed by atoms with van der Waals surface area (Å²) in [6.45, 7) is 1.75. The molecule has 2 rings (SSSR count). The highest BCUT2D eigenvalue weighted by molar-refractivity contribution is 7.89. The Balaban J connectivity index is 1.93. The molecule has 0 unspecified atom stereocenters. The molecule has 0 saturated heterocycles. The third-order valence-electron chi connectivity index (χ3n) is 4.96. The number of hydrogen-bond donors (Lipinski definition) is 2. The molecule has 1 aliphatic carbocycles. The van der Waals surface area contributed by atoms with E-state index < -0.39 is 16.0 Å². The zero-order valence-corrected chi connectivity index (χ0v) is 17.8. The number of carbonyl (C=O) groups is 2. The number of carbonyl (C=O) groups excluding carboxylic acids is 2. The van der Waals surface area contributed by atoms with Crippen molar-refractivity contribution in [1.29, 1.82) is 0 Å². The van der Waals surface area contributed by atoms with Crippen LogP contribution in [0.25, 0.3) is 6.08 Å². The first-order valence-electron chi connectivity index (χ1n) is 9.52. The summed E-state index contributed by atoms with van der Waals surface area (Å²) in [5.41, 5.74) is 0.469. The largest absolute Gasteiger partial charge is 0.495 e. The van der Waals surface area contributed by atoms with Crippen LogP contribution in [-0.4, -0.2) is 47.1 Å². The van der Waals surface area contributed by atoms with Gasteiger partial charge in [0.05, 0.1) is 7.11 Å². The number of benzene rings is 1. The van der Waals surface area contributed by atoms with Crippen LogP contribution in [0.2, 0.25) is 0 Å². The molecule has 29 heavy (non-hydrogen) atoms. The second-order valence-electron chi connectivity index (χ2n) is 6.99. The normalized spacial score (nSPS) is 19.7. The van der Waals surface area contributed by atoms with Gasteiger partial charge < -0.3 is 14.8 Å². The standard InChI is InChI=1S/C20H28N2O6S/c1-14-6-4-5-7-16(14)22-19(23)13-28-20(24)11-9-15-8-10-17(27-3)18(12-15)29(25,26)21-2/h8-12,14,16,21H,4-7,13H2,1-3H3,(H,22,23)/b11-9+/t14-,16+/m0/s1. The molecule has 9 heteroatoms. The molecule has 1 aliphatic rings. The Hall–Kier alpha value is -2.39. The molecule has 0 radical (unpaired) electrons. The number of rotatable bonds is 8. The Kier molecular flexibility index (Phi) is 8.21. The summed E-state index contributed by atoms with van der Waals surface area (Å²) in [4.78, 5) is 23.8. The zero-order chi connectivity index (χ0) is 21.4. The lowest BCUT2D eigenvalue weighted by atomic mass is 9.86. The molecule has 0 spiro atoms. The first-order chi connectivity index (χ1) is 13.8. The number of nitrogens with one attached hydrogen (secondary N) is 2. The Labute approximate surface area is 171 Å². The Morgan fingerprint density at radius 3 is 2.62 bits per heavy atom. The zero-order valence-electron chi connectivity index (χ0n) is 16.9. The number of ether oxygens (including phenoxy) is 2. The van der Waals surface area contributed by atoms with Crippen molar-refractivity contribution in [1.82, 2.24) is 10.0 Å². The van der Waals surface area contributed by atoms with Gasteiger partial charge in [-0.1, -0.05) is 25.8 Å². The lowest BCUT2D eigenvalue weighted by molar-refractivity contribution is -0.144. The molecule has 0 aliphatic heterocycles. The van der Waals surface area contributed by atoms with E-state index in [1.807, 2.05) is 0 Å². The molecule has 1 saturated carbocycles. The van der Waals surface area contributed by atoms with Gasteiger partial charge >= 0.3 is 5.97 Å². The number of esters is 1. The SMILES string of the molecule is CNS(=O)(=O)c1cc(/C=C/C(=O)OCC(=O)N[C@@H]2CCCC[C@@H]2C)ccc1OC. The fourth-order valence-corrected chi connectivity index (χ4v) is 4.17. The third-order valence-corrected chi connectivity index (χ3v) is 6.40. The van der Waals surface area contributed by atoms with Gasteiger partial charge in [0.1, 0.15) is 10.6 Å². The third kappa shape index (κ3) is 6.57. The summed E-state index contributed by atoms with van der Waals surface area (Å²) in [7, 11) is -1.05. The van der Waals surface area contributed by atoms with Gasteiger partial charge in [0.25, 0.3) is 5.91 Å². The van der Waals surface area contributed by atoms with Crippen molar-refractivity contribution in [2.75, 3.05) is 20.8 Å². The average Bonchev–Trinajstić information content (AvgIpc) is 2.72. The van der Waals surface area contributed by atoms with Crippen LogP contribution in [0.1, 0.15) is 38.2 Å². The predicted molar refractivity (Wildman–Crippen MR) is 109 cm³/mol. The second-order valence-corrected chi connectivity index (χ2v) is 8.85. The van der Waals surface area contributed by atoms with Crippen LogP contribution in [-0.2, 0) is 24.3 Å². The molecule has 1 aromatic rings. The molecule has 2 N–H and O–H groups in total. The van der Waals surface area contributed by atoms with Gasteiger partial charge in [0, 0.05) is 12.1 Å². The maximum Gasteiger partial charge on any atom is 0.331 e. The Morgan fingerprint density at radius 1 is 1.24 bits per heavy atom. The minimum atomic E-state index is -3.72. The van der Waals surface area contributed by atoms with E-state index in [0.29, 0.717) is 11.5 Å². The molecule has 0 bridgehead atoms. The van der Waals surface area contributed by atoms with E-state index in [9.17, 15) is 18.0 Å². The summed E-state index contributed by atoms with van der Waals surface area (Å²) in [5, 5.41) is 2.91. The second kappa shape index (κ2) is 10.4. The highest BCUT2D eigenvalue weighted by Crippen LogP contribution is 2.25. The number of amides is 1. The molecule has 8 nitrogen and oxygen atoms in total. The number of hydrogen-bond acceptors (Lipinski definition) is 6. The smallest absolute Gasteiger partial charge is 0.331 e. The van der Waals surface area contributed by atoms with Crippen LogP contribution in [0.4, 0.5) is 0 Å². The molecule has 2 atom stereocenters. The van der Waals surface area contributed by atoms with Crippen LogP contribution >= 0.6 is 0 Å². The lowest BCUT2D eigenvalue weighted by Gasteiger charge is -2.29. The minimum absolute atomic E-state index is 0.0426. The van der Waals surface area contributed by atoms with Gasteiger partial charge in [-0.25, -0.2) is 17.9 Å². The summed E-state index contributed by atoms with van der Waals surface area (Å²) in [6, 6.07) is 4.60. The van der Waals surface area contributed by atoms with Gasteiger partial charge in [-0.2, -0.15) is 0 Å². The highest BCUT2D eigenvalue weighted by atomic mass is 32.2. The van der Waals surface area contributed by atoms with Crippen LogP contribution < -0.4 is 14.8 Å². The van der Waals surface area contributed by atoms with Crippen molar-refractivity contribution in [3.63, 3.8) is 0 Å². The van der Waals surface area contributed by atoms with Gasteiger partial charge in [-0.3, -0.25) is 4.79 Å². The molecule has 0 heterocycles. The van der Waals surface area contributed by atoms with Gasteiger partial charge in [0.2, 0.25) is 10.0 Å². The molecular formula is C20H28N2O6S. The Bertz CT molecular complexity index is 866. The fourth-order valence-electron chi connectivity index (χ4n) is 3.25. The molecular weight excluding hydrogens is 396 g/mol. The van der Waals surface area contributed by atoms with E-state index in [2.05, 4.69) is 17.0 Å². The summed E-state index contributed by atoms with van der Waals surface area (Å²) in [6.07, 6.45) is 6.85. The van der Waals surface area contributed by atoms with Crippen molar-refractivity contribution in [3.8, 4) is 5.75 Å². The van der Waals surface area contributed by atoms with E-state index in [-0.39, 0.29) is 29.2 Å². The molecule has 1 amide bonds. The topological polar surface area (TPSA) is 111 Å². The molecule has 1 aromatic carbocycles. The quantitative estimate of drug-likeness (QED) is 0.487. The minimum Gasteiger partial charge on any atom is -0.495 e. The van der Waals surface area contributed by atoms with Crippen molar-refractivity contribution in [2.24, 2.45) is 5.92 Å². The summed E-state index contributed by atoms with van der Waals surface area (Å²) >= 11 is 0. The first kappa shape index (κ1) is 22.9. The number of methoxy groups -OCH3 is 1. The summed E-state index contributed by atoms with van der Waals surface area (Å²) in [5.74, 6) is -0.405. The highest BCUT2D eigenvalue weighted by Gasteiger charge is 2.23. The van der Waals surface area contributed by atoms with Crippen LogP contribution in [0.15, 0.2) is 29.2 Å². The fraction of sp³-hybridized carbons (Fsp3) is 0.500. The van der Waals surface area contributed by atoms with E-state index in [0.717, 1.165) is 25.3 Å². The van der Waals surface area contributed by atoms with Gasteiger partial charge in [-0.15, -0.1) is 0 Å². The molecule has 1 fully saturated rings. The Morgan fingerprint density at radius 2 is 1.97 bits per heavy atom. The lowest BCUT2D eigenvalue weighted by Crippen LogP contribution is -2.42. The van der Waals surface area contributed by atoms with Crippen molar-refractivity contribution in [3.05, 3.63) is 29.8 Å². The van der Waals surface area contributed by atoms with Gasteiger partial charge in [-0.05, 0) is 49.6 Å². The first-order valence-corrected chi connectivity index (χ1v) is 11.0.